The van der Waals surface area contributed by atoms with Gasteiger partial charge in [0.2, 0.25) is 0 Å². The highest BCUT2D eigenvalue weighted by molar-refractivity contribution is 7.50. The second kappa shape index (κ2) is 3.87. The minimum atomic E-state index is -0.829. The third-order valence-corrected chi connectivity index (χ3v) is 2.62. The lowest BCUT2D eigenvalue weighted by atomic mass is 10.4. The molecule has 0 aliphatic heterocycles. The van der Waals surface area contributed by atoms with Gasteiger partial charge in [0.05, 0.1) is 17.6 Å². The minimum absolute atomic E-state index is 0.716. The van der Waals surface area contributed by atoms with E-state index in [9.17, 15) is 0 Å². The molecular formula is C7H14N3OP. The van der Waals surface area contributed by atoms with E-state index in [2.05, 4.69) is 5.10 Å². The second-order valence-corrected chi connectivity index (χ2v) is 4.55. The van der Waals surface area contributed by atoms with Crippen molar-refractivity contribution in [3.05, 3.63) is 11.9 Å². The van der Waals surface area contributed by atoms with Crippen LogP contribution in [0.2, 0.25) is 0 Å². The first kappa shape index (κ1) is 9.49. The van der Waals surface area contributed by atoms with Crippen LogP contribution in [0.1, 0.15) is 5.69 Å². The fourth-order valence-electron chi connectivity index (χ4n) is 0.926. The lowest BCUT2D eigenvalue weighted by Gasteiger charge is -2.05. The van der Waals surface area contributed by atoms with Gasteiger partial charge in [0.25, 0.3) is 0 Å². The lowest BCUT2D eigenvalue weighted by Crippen LogP contribution is -2.05. The molecule has 12 heavy (non-hydrogen) atoms. The number of rotatable bonds is 3. The van der Waals surface area contributed by atoms with E-state index < -0.39 is 8.15 Å². The number of nitrogens with two attached hydrogens (primary N) is 1. The van der Waals surface area contributed by atoms with Crippen LogP contribution in [0.3, 0.4) is 0 Å². The van der Waals surface area contributed by atoms with Gasteiger partial charge >= 0.3 is 0 Å². The first-order valence-corrected chi connectivity index (χ1v) is 5.72. The Hall–Kier alpha value is -0.600. The average molecular weight is 187 g/mol. The standard InChI is InChI=1S/C7H14N3OP/c1-6-7(8)5-9-10(6)3-4-12(2)11/h5,11H,3-4,8H2,1-2H3. The van der Waals surface area contributed by atoms with E-state index >= 15 is 0 Å². The molecule has 1 atom stereocenters. The average Bonchev–Trinajstić information content (AvgIpc) is 2.30. The first-order valence-electron chi connectivity index (χ1n) is 3.79. The Labute approximate surface area is 73.2 Å². The second-order valence-electron chi connectivity index (χ2n) is 2.79. The molecule has 0 aromatic carbocycles. The van der Waals surface area contributed by atoms with E-state index in [0.29, 0.717) is 5.69 Å². The van der Waals surface area contributed by atoms with Crippen LogP contribution >= 0.6 is 8.15 Å². The summed E-state index contributed by atoms with van der Waals surface area (Å²) < 4.78 is 1.82. The molecule has 0 aliphatic rings. The van der Waals surface area contributed by atoms with Gasteiger partial charge in [0.1, 0.15) is 0 Å². The quantitative estimate of drug-likeness (QED) is 0.687. The van der Waals surface area contributed by atoms with Gasteiger partial charge in [0, 0.05) is 20.9 Å². The normalized spacial score (nSPS) is 13.2. The van der Waals surface area contributed by atoms with Crippen LogP contribution in [0.25, 0.3) is 0 Å². The first-order chi connectivity index (χ1) is 5.61. The number of nitrogen functional groups attached to an aromatic ring is 1. The molecule has 5 heteroatoms. The fourth-order valence-corrected chi connectivity index (χ4v) is 1.40. The Morgan fingerprint density at radius 3 is 2.83 bits per heavy atom. The van der Waals surface area contributed by atoms with Crippen LogP contribution in [0.5, 0.6) is 0 Å². The Kier molecular flexibility index (Phi) is 3.06. The topological polar surface area (TPSA) is 64.1 Å². The Morgan fingerprint density at radius 1 is 1.75 bits per heavy atom. The van der Waals surface area contributed by atoms with Crippen LogP contribution in [0.15, 0.2) is 6.20 Å². The maximum absolute atomic E-state index is 9.10. The summed E-state index contributed by atoms with van der Waals surface area (Å²) in [6, 6.07) is 0. The number of aromatic nitrogens is 2. The molecule has 3 N–H and O–H groups in total. The van der Waals surface area contributed by atoms with Crippen molar-refractivity contribution in [2.75, 3.05) is 18.6 Å². The summed E-state index contributed by atoms with van der Waals surface area (Å²) in [6.07, 6.45) is 2.42. The smallest absolute Gasteiger partial charge is 0.0730 e. The molecule has 1 aromatic rings. The molecular weight excluding hydrogens is 173 g/mol. The number of aryl methyl sites for hydroxylation is 1. The largest absolute Gasteiger partial charge is 0.396 e. The van der Waals surface area contributed by atoms with E-state index in [-0.39, 0.29) is 0 Å². The van der Waals surface area contributed by atoms with Gasteiger partial charge in [0.15, 0.2) is 0 Å². The molecule has 0 bridgehead atoms. The molecule has 4 nitrogen and oxygen atoms in total. The molecule has 0 saturated heterocycles. The maximum Gasteiger partial charge on any atom is 0.0730 e. The molecule has 1 rings (SSSR count). The van der Waals surface area contributed by atoms with Crippen LogP contribution < -0.4 is 5.73 Å². The molecule has 0 saturated carbocycles. The van der Waals surface area contributed by atoms with Crippen molar-refractivity contribution in [1.29, 1.82) is 0 Å². The molecule has 0 radical (unpaired) electrons. The highest BCUT2D eigenvalue weighted by atomic mass is 31.1. The summed E-state index contributed by atoms with van der Waals surface area (Å²) in [7, 11) is -0.829. The molecule has 0 aliphatic carbocycles. The van der Waals surface area contributed by atoms with Crippen molar-refractivity contribution < 1.29 is 4.89 Å². The van der Waals surface area contributed by atoms with Crippen molar-refractivity contribution in [1.82, 2.24) is 9.78 Å². The molecule has 0 spiro atoms. The number of hydrogen-bond donors (Lipinski definition) is 2. The summed E-state index contributed by atoms with van der Waals surface area (Å²) in [5.74, 6) is 0. The van der Waals surface area contributed by atoms with E-state index in [0.717, 1.165) is 18.4 Å². The molecule has 68 valence electrons. The fraction of sp³-hybridized carbons (Fsp3) is 0.571. The van der Waals surface area contributed by atoms with Gasteiger partial charge < -0.3 is 10.6 Å². The molecule has 1 unspecified atom stereocenters. The predicted octanol–water partition coefficient (Wildman–Crippen LogP) is 0.793. The van der Waals surface area contributed by atoms with Gasteiger partial charge in [-0.3, -0.25) is 4.68 Å². The van der Waals surface area contributed by atoms with Crippen LogP contribution in [-0.4, -0.2) is 27.5 Å². The summed E-state index contributed by atoms with van der Waals surface area (Å²) in [5, 5.41) is 4.08. The zero-order valence-electron chi connectivity index (χ0n) is 7.36. The molecule has 1 aromatic heterocycles. The van der Waals surface area contributed by atoms with Crippen molar-refractivity contribution in [2.45, 2.75) is 13.5 Å². The predicted molar refractivity (Wildman–Crippen MR) is 51.3 cm³/mol. The highest BCUT2D eigenvalue weighted by Gasteiger charge is 2.03. The SMILES string of the molecule is Cc1c(N)cnn1CCP(C)O. The monoisotopic (exact) mass is 187 g/mol. The third-order valence-electron chi connectivity index (χ3n) is 1.78. The van der Waals surface area contributed by atoms with E-state index in [1.165, 1.54) is 0 Å². The van der Waals surface area contributed by atoms with Crippen LogP contribution in [-0.2, 0) is 6.54 Å². The van der Waals surface area contributed by atoms with Gasteiger partial charge in [-0.25, -0.2) is 0 Å². The van der Waals surface area contributed by atoms with Crippen molar-refractivity contribution in [2.24, 2.45) is 0 Å². The van der Waals surface area contributed by atoms with Gasteiger partial charge in [-0.1, -0.05) is 0 Å². The lowest BCUT2D eigenvalue weighted by molar-refractivity contribution is 0.598. The highest BCUT2D eigenvalue weighted by Crippen LogP contribution is 2.23. The number of hydrogen-bond acceptors (Lipinski definition) is 3. The Bertz CT molecular complexity index is 259. The summed E-state index contributed by atoms with van der Waals surface area (Å²) >= 11 is 0. The number of nitrogens with zero attached hydrogens (tertiary/aromatic N) is 2. The van der Waals surface area contributed by atoms with Gasteiger partial charge in [-0.05, 0) is 13.6 Å². The third kappa shape index (κ3) is 2.19. The maximum atomic E-state index is 9.10. The van der Waals surface area contributed by atoms with Crippen molar-refractivity contribution in [3.63, 3.8) is 0 Å². The van der Waals surface area contributed by atoms with Gasteiger partial charge in [-0.15, -0.1) is 0 Å². The Morgan fingerprint density at radius 2 is 2.42 bits per heavy atom. The molecule has 0 amide bonds. The minimum Gasteiger partial charge on any atom is -0.396 e. The van der Waals surface area contributed by atoms with Crippen LogP contribution in [0, 0.1) is 6.92 Å². The summed E-state index contributed by atoms with van der Waals surface area (Å²) in [5.41, 5.74) is 7.30. The van der Waals surface area contributed by atoms with Crippen LogP contribution in [0.4, 0.5) is 5.69 Å². The van der Waals surface area contributed by atoms with Gasteiger partial charge in [-0.2, -0.15) is 5.10 Å². The van der Waals surface area contributed by atoms with E-state index in [1.54, 1.807) is 6.20 Å². The Balaban J connectivity index is 2.58. The summed E-state index contributed by atoms with van der Waals surface area (Å²) in [6.45, 7) is 4.51. The van der Waals surface area contributed by atoms with Crippen molar-refractivity contribution >= 4 is 13.8 Å². The van der Waals surface area contributed by atoms with E-state index in [1.807, 2.05) is 18.3 Å². The summed E-state index contributed by atoms with van der Waals surface area (Å²) in [4.78, 5) is 9.10. The van der Waals surface area contributed by atoms with Crippen molar-refractivity contribution in [3.8, 4) is 0 Å². The molecule has 0 fully saturated rings. The van der Waals surface area contributed by atoms with E-state index in [4.69, 9.17) is 10.6 Å². The molecule has 1 heterocycles. The number of anilines is 1. The zero-order valence-corrected chi connectivity index (χ0v) is 8.25. The zero-order chi connectivity index (χ0) is 9.14.